The van der Waals surface area contributed by atoms with E-state index in [0.29, 0.717) is 49.9 Å². The molecule has 4 aromatic rings. The molecule has 1 aliphatic heterocycles. The maximum atomic E-state index is 13.1. The van der Waals surface area contributed by atoms with Gasteiger partial charge in [0, 0.05) is 29.6 Å². The summed E-state index contributed by atoms with van der Waals surface area (Å²) in [5, 5.41) is 3.58. The van der Waals surface area contributed by atoms with Crippen LogP contribution in [0, 0.1) is 12.8 Å². The molecule has 5 rings (SSSR count). The van der Waals surface area contributed by atoms with Crippen molar-refractivity contribution in [2.45, 2.75) is 39.0 Å². The fourth-order valence-electron chi connectivity index (χ4n) is 4.71. The number of aromatic amines is 2. The second-order valence-electron chi connectivity index (χ2n) is 8.99. The van der Waals surface area contributed by atoms with Crippen LogP contribution in [0.25, 0.3) is 21.9 Å². The zero-order valence-electron chi connectivity index (χ0n) is 18.8. The molecule has 0 spiro atoms. The van der Waals surface area contributed by atoms with E-state index in [-0.39, 0.29) is 11.8 Å². The normalized spacial score (nSPS) is 15.9. The number of hydrogen-bond acceptors (Lipinski definition) is 3. The number of imidazole rings is 1. The third-order valence-electron chi connectivity index (χ3n) is 6.64. The van der Waals surface area contributed by atoms with Gasteiger partial charge in [-0.2, -0.15) is 13.2 Å². The summed E-state index contributed by atoms with van der Waals surface area (Å²) in [5.74, 6) is 0.661. The van der Waals surface area contributed by atoms with Gasteiger partial charge in [-0.15, -0.1) is 0 Å². The molecule has 0 atom stereocenters. The Hall–Kier alpha value is -3.33. The quantitative estimate of drug-likeness (QED) is 0.389. The van der Waals surface area contributed by atoms with Gasteiger partial charge >= 0.3 is 6.18 Å². The number of nitrogens with one attached hydrogen (secondary N) is 3. The second-order valence-corrected chi connectivity index (χ2v) is 8.99. The predicted octanol–water partition coefficient (Wildman–Crippen LogP) is 4.90. The number of fused-ring (bicyclic) bond motifs is 2. The number of carbonyl (C=O) groups excluding carboxylic acids is 1. The lowest BCUT2D eigenvalue weighted by Crippen LogP contribution is -2.40. The van der Waals surface area contributed by atoms with Crippen LogP contribution >= 0.6 is 0 Å². The Morgan fingerprint density at radius 3 is 2.71 bits per heavy atom. The number of para-hydroxylation sites is 1. The molecule has 0 unspecified atom stereocenters. The van der Waals surface area contributed by atoms with E-state index in [1.165, 1.54) is 12.1 Å². The molecule has 6 nitrogen and oxygen atoms in total. The lowest BCUT2D eigenvalue weighted by molar-refractivity contribution is -0.137. The van der Waals surface area contributed by atoms with E-state index in [1.54, 1.807) is 6.20 Å². The molecule has 1 amide bonds. The van der Waals surface area contributed by atoms with E-state index in [0.717, 1.165) is 34.1 Å². The lowest BCUT2D eigenvalue weighted by Gasteiger charge is -2.31. The standard InChI is InChI=1S/C25H26F3N5O/c1-15-3-2-4-21-23(15)32-22(31-21)13-30-24(34)16-7-9-33(10-8-16)14-17-12-29-20-6-5-18(11-19(17)20)25(26,27)28/h2-6,11-12,16,29H,7-10,13-14H2,1H3,(H,30,34)(H,31,32). The van der Waals surface area contributed by atoms with Crippen LogP contribution in [-0.4, -0.2) is 38.8 Å². The molecule has 0 radical (unpaired) electrons. The first kappa shape index (κ1) is 22.5. The van der Waals surface area contributed by atoms with Crippen LogP contribution in [0.5, 0.6) is 0 Å². The van der Waals surface area contributed by atoms with Crippen molar-refractivity contribution in [2.75, 3.05) is 13.1 Å². The summed E-state index contributed by atoms with van der Waals surface area (Å²) in [4.78, 5) is 25.8. The highest BCUT2D eigenvalue weighted by atomic mass is 19.4. The Morgan fingerprint density at radius 1 is 1.18 bits per heavy atom. The van der Waals surface area contributed by atoms with Crippen LogP contribution in [0.3, 0.4) is 0 Å². The number of hydrogen-bond donors (Lipinski definition) is 3. The highest BCUT2D eigenvalue weighted by molar-refractivity contribution is 5.84. The van der Waals surface area contributed by atoms with Crippen molar-refractivity contribution in [1.29, 1.82) is 0 Å². The molecule has 34 heavy (non-hydrogen) atoms. The number of halogens is 3. The molecule has 1 fully saturated rings. The maximum Gasteiger partial charge on any atom is 0.416 e. The Kier molecular flexibility index (Phi) is 5.81. The van der Waals surface area contributed by atoms with Crippen LogP contribution < -0.4 is 5.32 Å². The van der Waals surface area contributed by atoms with Gasteiger partial charge < -0.3 is 15.3 Å². The third-order valence-corrected chi connectivity index (χ3v) is 6.64. The molecule has 2 aromatic heterocycles. The molecule has 0 bridgehead atoms. The van der Waals surface area contributed by atoms with E-state index in [2.05, 4.69) is 25.2 Å². The molecule has 1 saturated heterocycles. The summed E-state index contributed by atoms with van der Waals surface area (Å²) >= 11 is 0. The highest BCUT2D eigenvalue weighted by Crippen LogP contribution is 2.33. The van der Waals surface area contributed by atoms with Gasteiger partial charge in [0.25, 0.3) is 0 Å². The Morgan fingerprint density at radius 2 is 1.97 bits per heavy atom. The van der Waals surface area contributed by atoms with Gasteiger partial charge in [0.05, 0.1) is 23.1 Å². The van der Waals surface area contributed by atoms with Crippen molar-refractivity contribution in [1.82, 2.24) is 25.2 Å². The van der Waals surface area contributed by atoms with Crippen molar-refractivity contribution in [2.24, 2.45) is 5.92 Å². The summed E-state index contributed by atoms with van der Waals surface area (Å²) in [6.07, 6.45) is -1.17. The van der Waals surface area contributed by atoms with Crippen molar-refractivity contribution in [3.05, 3.63) is 65.1 Å². The van der Waals surface area contributed by atoms with Crippen LogP contribution in [0.1, 0.15) is 35.4 Å². The summed E-state index contributed by atoms with van der Waals surface area (Å²) in [6.45, 7) is 4.34. The molecule has 9 heteroatoms. The number of aromatic nitrogens is 3. The summed E-state index contributed by atoms with van der Waals surface area (Å²) in [7, 11) is 0. The number of aryl methyl sites for hydroxylation is 1. The number of piperidine rings is 1. The third kappa shape index (κ3) is 4.52. The molecule has 1 aliphatic rings. The molecule has 2 aromatic carbocycles. The summed E-state index contributed by atoms with van der Waals surface area (Å²) in [6, 6.07) is 9.72. The molecule has 3 N–H and O–H groups in total. The Labute approximate surface area is 194 Å². The van der Waals surface area contributed by atoms with Gasteiger partial charge in [0.1, 0.15) is 5.82 Å². The van der Waals surface area contributed by atoms with E-state index in [9.17, 15) is 18.0 Å². The van der Waals surface area contributed by atoms with E-state index >= 15 is 0 Å². The van der Waals surface area contributed by atoms with Gasteiger partial charge in [-0.3, -0.25) is 9.69 Å². The smallest absolute Gasteiger partial charge is 0.361 e. The average Bonchev–Trinajstić information content (AvgIpc) is 3.42. The zero-order chi connectivity index (χ0) is 23.9. The largest absolute Gasteiger partial charge is 0.416 e. The van der Waals surface area contributed by atoms with E-state index < -0.39 is 11.7 Å². The number of H-pyrrole nitrogens is 2. The number of alkyl halides is 3. The van der Waals surface area contributed by atoms with Crippen molar-refractivity contribution in [3.63, 3.8) is 0 Å². The molecule has 0 aliphatic carbocycles. The fraction of sp³-hybridized carbons (Fsp3) is 0.360. The first-order valence-corrected chi connectivity index (χ1v) is 11.4. The number of carbonyl (C=O) groups is 1. The molecule has 0 saturated carbocycles. The summed E-state index contributed by atoms with van der Waals surface area (Å²) < 4.78 is 39.3. The minimum atomic E-state index is -4.37. The zero-order valence-corrected chi connectivity index (χ0v) is 18.8. The average molecular weight is 470 g/mol. The van der Waals surface area contributed by atoms with Crippen LogP contribution in [-0.2, 0) is 24.1 Å². The molecule has 3 heterocycles. The van der Waals surface area contributed by atoms with Crippen molar-refractivity contribution < 1.29 is 18.0 Å². The number of amides is 1. The minimum Gasteiger partial charge on any atom is -0.361 e. The van der Waals surface area contributed by atoms with E-state index in [4.69, 9.17) is 0 Å². The Bertz CT molecular complexity index is 1330. The second kappa shape index (κ2) is 8.79. The van der Waals surface area contributed by atoms with Crippen LogP contribution in [0.15, 0.2) is 42.6 Å². The minimum absolute atomic E-state index is 0.0127. The first-order chi connectivity index (χ1) is 16.3. The molecular weight excluding hydrogens is 443 g/mol. The Balaban J connectivity index is 1.16. The van der Waals surface area contributed by atoms with Gasteiger partial charge in [0.2, 0.25) is 5.91 Å². The number of benzene rings is 2. The lowest BCUT2D eigenvalue weighted by atomic mass is 9.95. The number of likely N-dealkylation sites (tertiary alicyclic amines) is 1. The first-order valence-electron chi connectivity index (χ1n) is 11.4. The van der Waals surface area contributed by atoms with Gasteiger partial charge in [0.15, 0.2) is 0 Å². The van der Waals surface area contributed by atoms with Crippen molar-refractivity contribution in [3.8, 4) is 0 Å². The molecule has 178 valence electrons. The number of nitrogens with zero attached hydrogens (tertiary/aromatic N) is 2. The van der Waals surface area contributed by atoms with Gasteiger partial charge in [-0.05, 0) is 68.2 Å². The number of rotatable bonds is 5. The highest BCUT2D eigenvalue weighted by Gasteiger charge is 2.31. The monoisotopic (exact) mass is 469 g/mol. The van der Waals surface area contributed by atoms with Gasteiger partial charge in [-0.25, -0.2) is 4.98 Å². The van der Waals surface area contributed by atoms with Crippen LogP contribution in [0.4, 0.5) is 13.2 Å². The van der Waals surface area contributed by atoms with Crippen molar-refractivity contribution >= 4 is 27.8 Å². The predicted molar refractivity (Wildman–Crippen MR) is 124 cm³/mol. The van der Waals surface area contributed by atoms with Crippen LogP contribution in [0.2, 0.25) is 0 Å². The maximum absolute atomic E-state index is 13.1. The van der Waals surface area contributed by atoms with E-state index in [1.807, 2.05) is 25.1 Å². The topological polar surface area (TPSA) is 76.8 Å². The SMILES string of the molecule is Cc1cccc2[nH]c(CNC(=O)C3CCN(Cc4c[nH]c5ccc(C(F)(F)F)cc45)CC3)nc12. The summed E-state index contributed by atoms with van der Waals surface area (Å²) in [5.41, 5.74) is 3.85. The molecular formula is C25H26F3N5O. The fourth-order valence-corrected chi connectivity index (χ4v) is 4.71. The van der Waals surface area contributed by atoms with Gasteiger partial charge in [-0.1, -0.05) is 12.1 Å².